The third kappa shape index (κ3) is 6.79. The summed E-state index contributed by atoms with van der Waals surface area (Å²) < 4.78 is 4.69. The molecule has 0 fully saturated rings. The molecule has 0 aliphatic heterocycles. The number of anilines is 1. The maximum absolute atomic E-state index is 12.6. The van der Waals surface area contributed by atoms with Gasteiger partial charge < -0.3 is 14.7 Å². The zero-order chi connectivity index (χ0) is 17.9. The van der Waals surface area contributed by atoms with Crippen LogP contribution in [0.2, 0.25) is 0 Å². The first-order valence-electron chi connectivity index (χ1n) is 8.71. The first kappa shape index (κ1) is 18.7. The lowest BCUT2D eigenvalue weighted by molar-refractivity contribution is -0.134. The normalized spacial score (nSPS) is 10.4. The van der Waals surface area contributed by atoms with Crippen molar-refractivity contribution in [3.63, 3.8) is 0 Å². The summed E-state index contributed by atoms with van der Waals surface area (Å²) in [5, 5.41) is 6.29. The molecule has 1 aromatic heterocycles. The number of amides is 2. The number of nitrogens with zero attached hydrogens (tertiary/aromatic N) is 2. The van der Waals surface area contributed by atoms with Gasteiger partial charge in [0.15, 0.2) is 5.82 Å². The van der Waals surface area contributed by atoms with Crippen LogP contribution in [0.15, 0.2) is 47.2 Å². The van der Waals surface area contributed by atoms with Gasteiger partial charge in [-0.15, -0.1) is 0 Å². The summed E-state index contributed by atoms with van der Waals surface area (Å²) in [5.41, 5.74) is 0.947. The Labute approximate surface area is 148 Å². The average Bonchev–Trinajstić information content (AvgIpc) is 3.11. The van der Waals surface area contributed by atoms with E-state index >= 15 is 0 Å². The number of rotatable bonds is 10. The fourth-order valence-corrected chi connectivity index (χ4v) is 2.54. The van der Waals surface area contributed by atoms with E-state index in [9.17, 15) is 9.59 Å². The van der Waals surface area contributed by atoms with E-state index in [0.717, 1.165) is 31.2 Å². The highest BCUT2D eigenvalue weighted by Gasteiger charge is 2.18. The standard InChI is InChI=1S/C19H25N3O3/c1-2-3-4-8-12-22(15-18(23)20-17-11-13-25-21-17)19(24)14-16-9-6-5-7-10-16/h5-7,9-11,13H,2-4,8,12,14-15H2,1H3,(H,20,21,23). The van der Waals surface area contributed by atoms with Crippen LogP contribution < -0.4 is 5.32 Å². The molecule has 134 valence electrons. The Balaban J connectivity index is 1.93. The molecule has 1 heterocycles. The summed E-state index contributed by atoms with van der Waals surface area (Å²) in [6.07, 6.45) is 5.89. The maximum Gasteiger partial charge on any atom is 0.245 e. The number of aromatic nitrogens is 1. The molecule has 25 heavy (non-hydrogen) atoms. The highest BCUT2D eigenvalue weighted by atomic mass is 16.5. The minimum atomic E-state index is -0.272. The number of unbranched alkanes of at least 4 members (excludes halogenated alkanes) is 3. The van der Waals surface area contributed by atoms with E-state index in [4.69, 9.17) is 4.52 Å². The topological polar surface area (TPSA) is 75.4 Å². The number of hydrogen-bond donors (Lipinski definition) is 1. The molecule has 0 aliphatic rings. The van der Waals surface area contributed by atoms with E-state index in [-0.39, 0.29) is 18.4 Å². The number of hydrogen-bond acceptors (Lipinski definition) is 4. The molecule has 0 radical (unpaired) electrons. The third-order valence-electron chi connectivity index (χ3n) is 3.87. The van der Waals surface area contributed by atoms with Crippen LogP contribution in [0.1, 0.15) is 38.2 Å². The fourth-order valence-electron chi connectivity index (χ4n) is 2.54. The third-order valence-corrected chi connectivity index (χ3v) is 3.87. The second kappa shape index (κ2) is 10.3. The summed E-state index contributed by atoms with van der Waals surface area (Å²) in [4.78, 5) is 26.4. The first-order valence-corrected chi connectivity index (χ1v) is 8.71. The van der Waals surface area contributed by atoms with Crippen molar-refractivity contribution in [3.05, 3.63) is 48.2 Å². The van der Waals surface area contributed by atoms with Crippen LogP contribution >= 0.6 is 0 Å². The molecule has 0 bridgehead atoms. The Kier molecular flexibility index (Phi) is 7.69. The molecule has 0 aliphatic carbocycles. The van der Waals surface area contributed by atoms with Gasteiger partial charge >= 0.3 is 0 Å². The van der Waals surface area contributed by atoms with Crippen molar-refractivity contribution in [2.45, 2.75) is 39.0 Å². The van der Waals surface area contributed by atoms with Crippen LogP contribution in [0.3, 0.4) is 0 Å². The predicted molar refractivity (Wildman–Crippen MR) is 96.0 cm³/mol. The second-order valence-electron chi connectivity index (χ2n) is 5.97. The van der Waals surface area contributed by atoms with E-state index in [1.165, 1.54) is 6.26 Å². The maximum atomic E-state index is 12.6. The van der Waals surface area contributed by atoms with Gasteiger partial charge in [-0.25, -0.2) is 0 Å². The number of carbonyl (C=O) groups excluding carboxylic acids is 2. The first-order chi connectivity index (χ1) is 12.2. The summed E-state index contributed by atoms with van der Waals surface area (Å²) in [6, 6.07) is 11.1. The van der Waals surface area contributed by atoms with E-state index < -0.39 is 0 Å². The van der Waals surface area contributed by atoms with Gasteiger partial charge in [0.05, 0.1) is 13.0 Å². The summed E-state index contributed by atoms with van der Waals surface area (Å²) in [6.45, 7) is 2.74. The van der Waals surface area contributed by atoms with E-state index in [2.05, 4.69) is 17.4 Å². The fraction of sp³-hybridized carbons (Fsp3) is 0.421. The highest BCUT2D eigenvalue weighted by Crippen LogP contribution is 2.07. The summed E-state index contributed by atoms with van der Waals surface area (Å²) >= 11 is 0. The van der Waals surface area contributed by atoms with Gasteiger partial charge in [0.2, 0.25) is 11.8 Å². The smallest absolute Gasteiger partial charge is 0.245 e. The van der Waals surface area contributed by atoms with Gasteiger partial charge in [-0.2, -0.15) is 0 Å². The van der Waals surface area contributed by atoms with Crippen molar-refractivity contribution < 1.29 is 14.1 Å². The molecule has 2 amide bonds. The van der Waals surface area contributed by atoms with Gasteiger partial charge in [-0.05, 0) is 12.0 Å². The van der Waals surface area contributed by atoms with Gasteiger partial charge in [0.1, 0.15) is 6.26 Å². The number of benzene rings is 1. The molecule has 6 nitrogen and oxygen atoms in total. The Hall–Kier alpha value is -2.63. The molecular weight excluding hydrogens is 318 g/mol. The molecule has 0 saturated carbocycles. The minimum Gasteiger partial charge on any atom is -0.363 e. The summed E-state index contributed by atoms with van der Waals surface area (Å²) in [5.74, 6) is 0.0373. The van der Waals surface area contributed by atoms with Crippen molar-refractivity contribution in [1.29, 1.82) is 0 Å². The Morgan fingerprint density at radius 1 is 1.12 bits per heavy atom. The molecule has 0 spiro atoms. The molecule has 1 aromatic carbocycles. The molecule has 0 atom stereocenters. The van der Waals surface area contributed by atoms with Crippen LogP contribution in [0, 0.1) is 0 Å². The number of nitrogens with one attached hydrogen (secondary N) is 1. The zero-order valence-corrected chi connectivity index (χ0v) is 14.6. The molecule has 6 heteroatoms. The van der Waals surface area contributed by atoms with Crippen molar-refractivity contribution in [1.82, 2.24) is 10.1 Å². The van der Waals surface area contributed by atoms with Gasteiger partial charge in [-0.3, -0.25) is 9.59 Å². The highest BCUT2D eigenvalue weighted by molar-refractivity contribution is 5.94. The van der Waals surface area contributed by atoms with Gasteiger partial charge in [0.25, 0.3) is 0 Å². The van der Waals surface area contributed by atoms with Gasteiger partial charge in [0, 0.05) is 12.6 Å². The largest absolute Gasteiger partial charge is 0.363 e. The van der Waals surface area contributed by atoms with Crippen LogP contribution in [0.25, 0.3) is 0 Å². The van der Waals surface area contributed by atoms with Crippen LogP contribution in [-0.4, -0.2) is 35.0 Å². The number of carbonyl (C=O) groups is 2. The Morgan fingerprint density at radius 3 is 2.60 bits per heavy atom. The SMILES string of the molecule is CCCCCCN(CC(=O)Nc1ccon1)C(=O)Cc1ccccc1. The van der Waals surface area contributed by atoms with E-state index in [1.54, 1.807) is 11.0 Å². The van der Waals surface area contributed by atoms with Crippen molar-refractivity contribution in [2.24, 2.45) is 0 Å². The van der Waals surface area contributed by atoms with Crippen molar-refractivity contribution in [3.8, 4) is 0 Å². The average molecular weight is 343 g/mol. The lowest BCUT2D eigenvalue weighted by Crippen LogP contribution is -2.39. The van der Waals surface area contributed by atoms with Crippen molar-refractivity contribution in [2.75, 3.05) is 18.4 Å². The molecule has 2 rings (SSSR count). The quantitative estimate of drug-likeness (QED) is 0.672. The van der Waals surface area contributed by atoms with Crippen LogP contribution in [-0.2, 0) is 16.0 Å². The Morgan fingerprint density at radius 2 is 1.92 bits per heavy atom. The zero-order valence-electron chi connectivity index (χ0n) is 14.6. The molecule has 2 aromatic rings. The van der Waals surface area contributed by atoms with Gasteiger partial charge in [-0.1, -0.05) is 61.7 Å². The van der Waals surface area contributed by atoms with Crippen LogP contribution in [0.5, 0.6) is 0 Å². The molecule has 0 unspecified atom stereocenters. The monoisotopic (exact) mass is 343 g/mol. The molecule has 1 N–H and O–H groups in total. The lowest BCUT2D eigenvalue weighted by Gasteiger charge is -2.22. The Bertz CT molecular complexity index is 641. The molecule has 0 saturated heterocycles. The second-order valence-corrected chi connectivity index (χ2v) is 5.97. The predicted octanol–water partition coefficient (Wildman–Crippen LogP) is 3.26. The lowest BCUT2D eigenvalue weighted by atomic mass is 10.1. The molecular formula is C19H25N3O3. The van der Waals surface area contributed by atoms with E-state index in [1.807, 2.05) is 30.3 Å². The van der Waals surface area contributed by atoms with E-state index in [0.29, 0.717) is 18.8 Å². The minimum absolute atomic E-state index is 0.0185. The van der Waals surface area contributed by atoms with Crippen molar-refractivity contribution >= 4 is 17.6 Å². The van der Waals surface area contributed by atoms with Crippen LogP contribution in [0.4, 0.5) is 5.82 Å². The summed E-state index contributed by atoms with van der Waals surface area (Å²) in [7, 11) is 0.